The number of carbonyl (C=O) groups excluding carboxylic acids is 1. The number of nitrogens with one attached hydrogen (secondary N) is 2. The SMILES string of the molecule is COc1ccccc1NS(=O)(=O)c1cccc(C(=O)NN=Cc2cccc(OCc3ccccc3)c2)c1. The van der Waals surface area contributed by atoms with Crippen molar-refractivity contribution in [2.75, 3.05) is 11.8 Å². The van der Waals surface area contributed by atoms with E-state index in [1.54, 1.807) is 30.3 Å². The molecule has 0 aromatic heterocycles. The third kappa shape index (κ3) is 6.96. The topological polar surface area (TPSA) is 106 Å². The van der Waals surface area contributed by atoms with Gasteiger partial charge in [0.15, 0.2) is 0 Å². The lowest BCUT2D eigenvalue weighted by Gasteiger charge is -2.12. The number of rotatable bonds is 10. The average molecular weight is 516 g/mol. The van der Waals surface area contributed by atoms with Crippen molar-refractivity contribution in [3.63, 3.8) is 0 Å². The lowest BCUT2D eigenvalue weighted by atomic mass is 10.2. The number of hydrazone groups is 1. The van der Waals surface area contributed by atoms with E-state index in [1.807, 2.05) is 48.5 Å². The Balaban J connectivity index is 1.39. The zero-order chi connectivity index (χ0) is 26.1. The van der Waals surface area contributed by atoms with Gasteiger partial charge >= 0.3 is 0 Å². The molecule has 0 saturated carbocycles. The molecule has 2 N–H and O–H groups in total. The van der Waals surface area contributed by atoms with Crippen LogP contribution in [0.2, 0.25) is 0 Å². The summed E-state index contributed by atoms with van der Waals surface area (Å²) in [6, 6.07) is 29.4. The van der Waals surface area contributed by atoms with Gasteiger partial charge in [-0.25, -0.2) is 13.8 Å². The number of amides is 1. The van der Waals surface area contributed by atoms with E-state index in [0.29, 0.717) is 23.8 Å². The molecule has 1 amide bonds. The Bertz CT molecular complexity index is 1510. The van der Waals surface area contributed by atoms with Crippen molar-refractivity contribution in [3.8, 4) is 11.5 Å². The largest absolute Gasteiger partial charge is 0.495 e. The summed E-state index contributed by atoms with van der Waals surface area (Å²) in [6.07, 6.45) is 1.48. The molecule has 0 radical (unpaired) electrons. The first-order valence-electron chi connectivity index (χ1n) is 11.3. The molecular weight excluding hydrogens is 490 g/mol. The van der Waals surface area contributed by atoms with Gasteiger partial charge in [-0.15, -0.1) is 0 Å². The van der Waals surface area contributed by atoms with Crippen LogP contribution in [0.15, 0.2) is 113 Å². The van der Waals surface area contributed by atoms with Gasteiger partial charge in [-0.2, -0.15) is 5.10 Å². The number of para-hydroxylation sites is 2. The predicted octanol–water partition coefficient (Wildman–Crippen LogP) is 4.84. The zero-order valence-corrected chi connectivity index (χ0v) is 20.8. The Labute approximate surface area is 215 Å². The highest BCUT2D eigenvalue weighted by Crippen LogP contribution is 2.26. The first kappa shape index (κ1) is 25.5. The first-order valence-corrected chi connectivity index (χ1v) is 12.8. The standard InChI is InChI=1S/C28H25N3O5S/c1-35-27-16-6-5-15-26(27)31-37(33,34)25-14-8-12-23(18-25)28(32)30-29-19-22-11-7-13-24(17-22)36-20-21-9-3-2-4-10-21/h2-19,31H,20H2,1H3,(H,30,32). The van der Waals surface area contributed by atoms with Gasteiger partial charge in [-0.3, -0.25) is 9.52 Å². The van der Waals surface area contributed by atoms with Crippen LogP contribution in [0.5, 0.6) is 11.5 Å². The fraction of sp³-hybridized carbons (Fsp3) is 0.0714. The molecule has 0 fully saturated rings. The van der Waals surface area contributed by atoms with Crippen LogP contribution in [0.1, 0.15) is 21.5 Å². The molecule has 0 aliphatic carbocycles. The van der Waals surface area contributed by atoms with Crippen LogP contribution in [0.25, 0.3) is 0 Å². The Morgan fingerprint density at radius 3 is 2.46 bits per heavy atom. The molecule has 0 saturated heterocycles. The fourth-order valence-corrected chi connectivity index (χ4v) is 4.51. The maximum absolute atomic E-state index is 12.9. The highest BCUT2D eigenvalue weighted by molar-refractivity contribution is 7.92. The summed E-state index contributed by atoms with van der Waals surface area (Å²) in [4.78, 5) is 12.5. The zero-order valence-electron chi connectivity index (χ0n) is 20.0. The van der Waals surface area contributed by atoms with Crippen LogP contribution < -0.4 is 19.6 Å². The van der Waals surface area contributed by atoms with Gasteiger partial charge in [-0.1, -0.05) is 60.7 Å². The molecule has 0 unspecified atom stereocenters. The van der Waals surface area contributed by atoms with Gasteiger partial charge < -0.3 is 9.47 Å². The minimum atomic E-state index is -3.96. The van der Waals surface area contributed by atoms with Gasteiger partial charge in [-0.05, 0) is 53.6 Å². The van der Waals surface area contributed by atoms with Crippen molar-refractivity contribution in [1.82, 2.24) is 5.43 Å². The quantitative estimate of drug-likeness (QED) is 0.232. The summed E-state index contributed by atoms with van der Waals surface area (Å²) in [5.41, 5.74) is 4.63. The molecule has 0 aliphatic rings. The molecule has 37 heavy (non-hydrogen) atoms. The number of hydrogen-bond acceptors (Lipinski definition) is 6. The summed E-state index contributed by atoms with van der Waals surface area (Å²) < 4.78 is 39.3. The molecule has 0 aliphatic heterocycles. The molecule has 0 bridgehead atoms. The van der Waals surface area contributed by atoms with Gasteiger partial charge in [0.05, 0.1) is 23.9 Å². The Morgan fingerprint density at radius 1 is 0.892 bits per heavy atom. The van der Waals surface area contributed by atoms with Crippen LogP contribution in [-0.4, -0.2) is 27.6 Å². The van der Waals surface area contributed by atoms with Crippen LogP contribution in [-0.2, 0) is 16.6 Å². The molecule has 0 spiro atoms. The second kappa shape index (κ2) is 11.9. The molecule has 188 valence electrons. The van der Waals surface area contributed by atoms with E-state index < -0.39 is 15.9 Å². The van der Waals surface area contributed by atoms with Crippen molar-refractivity contribution >= 4 is 27.8 Å². The number of hydrogen-bond donors (Lipinski definition) is 2. The van der Waals surface area contributed by atoms with Crippen LogP contribution >= 0.6 is 0 Å². The minimum Gasteiger partial charge on any atom is -0.495 e. The van der Waals surface area contributed by atoms with Crippen LogP contribution in [0.4, 0.5) is 5.69 Å². The molecule has 9 heteroatoms. The van der Waals surface area contributed by atoms with E-state index >= 15 is 0 Å². The second-order valence-corrected chi connectivity index (χ2v) is 9.56. The number of sulfonamides is 1. The molecular formula is C28H25N3O5S. The van der Waals surface area contributed by atoms with E-state index in [0.717, 1.165) is 11.1 Å². The van der Waals surface area contributed by atoms with Crippen LogP contribution in [0, 0.1) is 0 Å². The molecule has 0 heterocycles. The number of methoxy groups -OCH3 is 1. The highest BCUT2D eigenvalue weighted by atomic mass is 32.2. The summed E-state index contributed by atoms with van der Waals surface area (Å²) in [7, 11) is -2.51. The van der Waals surface area contributed by atoms with Gasteiger partial charge in [0.1, 0.15) is 18.1 Å². The maximum atomic E-state index is 12.9. The predicted molar refractivity (Wildman–Crippen MR) is 143 cm³/mol. The normalized spacial score (nSPS) is 11.2. The molecule has 4 aromatic carbocycles. The Kier molecular flexibility index (Phi) is 8.17. The van der Waals surface area contributed by atoms with Crippen molar-refractivity contribution in [1.29, 1.82) is 0 Å². The highest BCUT2D eigenvalue weighted by Gasteiger charge is 2.18. The maximum Gasteiger partial charge on any atom is 0.271 e. The van der Waals surface area contributed by atoms with E-state index in [2.05, 4.69) is 15.2 Å². The van der Waals surface area contributed by atoms with E-state index in [9.17, 15) is 13.2 Å². The molecule has 4 aromatic rings. The van der Waals surface area contributed by atoms with Crippen molar-refractivity contribution in [3.05, 3.63) is 120 Å². The molecule has 8 nitrogen and oxygen atoms in total. The second-order valence-electron chi connectivity index (χ2n) is 7.88. The lowest BCUT2D eigenvalue weighted by molar-refractivity contribution is 0.0955. The van der Waals surface area contributed by atoms with Crippen molar-refractivity contribution in [2.24, 2.45) is 5.10 Å². The molecule has 4 rings (SSSR count). The van der Waals surface area contributed by atoms with E-state index in [1.165, 1.54) is 37.6 Å². The van der Waals surface area contributed by atoms with E-state index in [-0.39, 0.29) is 10.5 Å². The number of benzene rings is 4. The third-order valence-electron chi connectivity index (χ3n) is 5.24. The smallest absolute Gasteiger partial charge is 0.271 e. The molecule has 0 atom stereocenters. The summed E-state index contributed by atoms with van der Waals surface area (Å²) in [6.45, 7) is 0.434. The Morgan fingerprint density at radius 2 is 1.65 bits per heavy atom. The van der Waals surface area contributed by atoms with Gasteiger partial charge in [0.2, 0.25) is 0 Å². The minimum absolute atomic E-state index is 0.0710. The monoisotopic (exact) mass is 515 g/mol. The first-order chi connectivity index (χ1) is 17.9. The van der Waals surface area contributed by atoms with E-state index in [4.69, 9.17) is 9.47 Å². The summed E-state index contributed by atoms with van der Waals surface area (Å²) in [5.74, 6) is 0.491. The van der Waals surface area contributed by atoms with Crippen LogP contribution in [0.3, 0.4) is 0 Å². The average Bonchev–Trinajstić information content (AvgIpc) is 2.93. The summed E-state index contributed by atoms with van der Waals surface area (Å²) >= 11 is 0. The number of anilines is 1. The van der Waals surface area contributed by atoms with Crippen molar-refractivity contribution in [2.45, 2.75) is 11.5 Å². The third-order valence-corrected chi connectivity index (χ3v) is 6.61. The van der Waals surface area contributed by atoms with Gasteiger partial charge in [0, 0.05) is 5.56 Å². The fourth-order valence-electron chi connectivity index (χ4n) is 3.39. The Hall–Kier alpha value is -4.63. The summed E-state index contributed by atoms with van der Waals surface area (Å²) in [5, 5.41) is 4.00. The van der Waals surface area contributed by atoms with Gasteiger partial charge in [0.25, 0.3) is 15.9 Å². The number of ether oxygens (including phenoxy) is 2. The number of carbonyl (C=O) groups is 1. The number of nitrogens with zero attached hydrogens (tertiary/aromatic N) is 1. The lowest BCUT2D eigenvalue weighted by Crippen LogP contribution is -2.19. The van der Waals surface area contributed by atoms with Crippen molar-refractivity contribution < 1.29 is 22.7 Å².